The largest absolute Gasteiger partial charge is 0.423 e. The number of nitrogens with zero attached hydrogens (tertiary/aromatic N) is 1. The molecule has 2 saturated carbocycles. The number of benzene rings is 2. The molecule has 0 radical (unpaired) electrons. The van der Waals surface area contributed by atoms with E-state index >= 15 is 0 Å². The van der Waals surface area contributed by atoms with E-state index in [2.05, 4.69) is 19.1 Å². The van der Waals surface area contributed by atoms with Crippen molar-refractivity contribution >= 4 is 5.97 Å². The fourth-order valence-corrected chi connectivity index (χ4v) is 6.30. The van der Waals surface area contributed by atoms with Gasteiger partial charge in [-0.25, -0.2) is 9.18 Å². The molecule has 35 heavy (non-hydrogen) atoms. The van der Waals surface area contributed by atoms with E-state index in [1.165, 1.54) is 94.7 Å². The van der Waals surface area contributed by atoms with E-state index in [4.69, 9.17) is 10.00 Å². The van der Waals surface area contributed by atoms with E-state index in [1.54, 1.807) is 6.07 Å². The Hall–Kier alpha value is -2.67. The highest BCUT2D eigenvalue weighted by Crippen LogP contribution is 2.48. The van der Waals surface area contributed by atoms with Gasteiger partial charge < -0.3 is 4.74 Å². The number of nitriles is 1. The molecule has 2 aliphatic carbocycles. The molecule has 2 aromatic carbocycles. The van der Waals surface area contributed by atoms with Gasteiger partial charge in [-0.05, 0) is 85.6 Å². The fraction of sp³-hybridized carbons (Fsp3) is 0.548. The second kappa shape index (κ2) is 12.3. The molecule has 0 spiro atoms. The van der Waals surface area contributed by atoms with Crippen LogP contribution in [-0.2, 0) is 0 Å². The number of hydrogen-bond donors (Lipinski definition) is 0. The monoisotopic (exact) mass is 475 g/mol. The van der Waals surface area contributed by atoms with Crippen LogP contribution in [0, 0.1) is 34.9 Å². The third-order valence-corrected chi connectivity index (χ3v) is 8.33. The average Bonchev–Trinajstić information content (AvgIpc) is 2.88. The SMILES string of the molecule is CCCCCCCC1CCC2CC(c3ccc(C(=O)Oc4ccc(C#N)c(F)c4)cc3)CCC2C1. The summed E-state index contributed by atoms with van der Waals surface area (Å²) in [5.41, 5.74) is 1.69. The standard InChI is InChI=1S/C31H38FNO2/c1-2-3-4-5-6-7-22-8-9-27-19-26(15-14-25(27)18-22)23-10-12-24(13-11-23)31(34)35-29-17-16-28(21-33)30(32)20-29/h10-13,16-17,20,22,25-27H,2-9,14-15,18-19H2,1H3. The smallest absolute Gasteiger partial charge is 0.343 e. The molecule has 4 unspecified atom stereocenters. The zero-order valence-electron chi connectivity index (χ0n) is 21.0. The fourth-order valence-electron chi connectivity index (χ4n) is 6.30. The van der Waals surface area contributed by atoms with Gasteiger partial charge in [0.25, 0.3) is 0 Å². The second-order valence-electron chi connectivity index (χ2n) is 10.7. The van der Waals surface area contributed by atoms with E-state index in [9.17, 15) is 9.18 Å². The zero-order chi connectivity index (χ0) is 24.6. The molecule has 2 fully saturated rings. The Morgan fingerprint density at radius 3 is 2.46 bits per heavy atom. The molecule has 0 heterocycles. The first kappa shape index (κ1) is 25.4. The number of ether oxygens (including phenoxy) is 1. The van der Waals surface area contributed by atoms with Crippen molar-refractivity contribution < 1.29 is 13.9 Å². The van der Waals surface area contributed by atoms with Gasteiger partial charge in [-0.15, -0.1) is 0 Å². The lowest BCUT2D eigenvalue weighted by Crippen LogP contribution is -2.30. The van der Waals surface area contributed by atoms with E-state index < -0.39 is 11.8 Å². The van der Waals surface area contributed by atoms with Gasteiger partial charge in [0.15, 0.2) is 0 Å². The molecule has 3 nitrogen and oxygen atoms in total. The number of fused-ring (bicyclic) bond motifs is 1. The van der Waals surface area contributed by atoms with E-state index in [-0.39, 0.29) is 11.3 Å². The van der Waals surface area contributed by atoms with Crippen molar-refractivity contribution in [3.8, 4) is 11.8 Å². The van der Waals surface area contributed by atoms with Crippen molar-refractivity contribution in [2.75, 3.05) is 0 Å². The van der Waals surface area contributed by atoms with Crippen molar-refractivity contribution in [2.24, 2.45) is 17.8 Å². The van der Waals surface area contributed by atoms with Crippen LogP contribution < -0.4 is 4.74 Å². The summed E-state index contributed by atoms with van der Waals surface area (Å²) >= 11 is 0. The molecule has 0 bridgehead atoms. The lowest BCUT2D eigenvalue weighted by molar-refractivity contribution is 0.0734. The van der Waals surface area contributed by atoms with Gasteiger partial charge in [-0.1, -0.05) is 64.0 Å². The number of halogens is 1. The van der Waals surface area contributed by atoms with Crippen molar-refractivity contribution in [1.82, 2.24) is 0 Å². The third kappa shape index (κ3) is 6.72. The number of carbonyl (C=O) groups is 1. The Labute approximate surface area is 209 Å². The Morgan fingerprint density at radius 2 is 1.71 bits per heavy atom. The van der Waals surface area contributed by atoms with Gasteiger partial charge in [-0.2, -0.15) is 5.26 Å². The molecule has 0 aromatic heterocycles. The third-order valence-electron chi connectivity index (χ3n) is 8.33. The van der Waals surface area contributed by atoms with Crippen molar-refractivity contribution in [1.29, 1.82) is 5.26 Å². The highest BCUT2D eigenvalue weighted by molar-refractivity contribution is 5.91. The molecular weight excluding hydrogens is 437 g/mol. The van der Waals surface area contributed by atoms with Crippen molar-refractivity contribution in [2.45, 2.75) is 89.9 Å². The normalized spacial score (nSPS) is 23.8. The second-order valence-corrected chi connectivity index (χ2v) is 10.7. The van der Waals surface area contributed by atoms with Crippen LogP contribution in [0.25, 0.3) is 0 Å². The maximum atomic E-state index is 13.8. The topological polar surface area (TPSA) is 50.1 Å². The van der Waals surface area contributed by atoms with Crippen molar-refractivity contribution in [3.63, 3.8) is 0 Å². The molecule has 4 rings (SSSR count). The van der Waals surface area contributed by atoms with Crippen LogP contribution in [0.5, 0.6) is 5.75 Å². The highest BCUT2D eigenvalue weighted by atomic mass is 19.1. The first-order chi connectivity index (χ1) is 17.1. The van der Waals surface area contributed by atoms with Gasteiger partial charge in [0.05, 0.1) is 11.1 Å². The van der Waals surface area contributed by atoms with Crippen LogP contribution in [0.1, 0.15) is 111 Å². The van der Waals surface area contributed by atoms with Crippen LogP contribution >= 0.6 is 0 Å². The van der Waals surface area contributed by atoms with Gasteiger partial charge in [0.2, 0.25) is 0 Å². The van der Waals surface area contributed by atoms with Crippen LogP contribution in [0.15, 0.2) is 42.5 Å². The van der Waals surface area contributed by atoms with Crippen LogP contribution in [0.4, 0.5) is 4.39 Å². The lowest BCUT2D eigenvalue weighted by Gasteiger charge is -2.42. The molecular formula is C31H38FNO2. The Bertz CT molecular complexity index is 1030. The Kier molecular flexibility index (Phi) is 8.96. The first-order valence-electron chi connectivity index (χ1n) is 13.6. The van der Waals surface area contributed by atoms with Gasteiger partial charge in [-0.3, -0.25) is 0 Å². The van der Waals surface area contributed by atoms with Crippen LogP contribution in [-0.4, -0.2) is 5.97 Å². The quantitative estimate of drug-likeness (QED) is 0.207. The first-order valence-corrected chi connectivity index (χ1v) is 13.6. The minimum absolute atomic E-state index is 0.0697. The summed E-state index contributed by atoms with van der Waals surface area (Å²) in [6, 6.07) is 13.3. The minimum atomic E-state index is -0.690. The van der Waals surface area contributed by atoms with Crippen molar-refractivity contribution in [3.05, 3.63) is 65.0 Å². The maximum Gasteiger partial charge on any atom is 0.343 e. The van der Waals surface area contributed by atoms with E-state index in [0.717, 1.165) is 23.8 Å². The predicted octanol–water partition coefficient (Wildman–Crippen LogP) is 8.58. The summed E-state index contributed by atoms with van der Waals surface area (Å²) < 4.78 is 19.1. The number of rotatable bonds is 9. The molecule has 0 saturated heterocycles. The predicted molar refractivity (Wildman–Crippen MR) is 137 cm³/mol. The molecule has 186 valence electrons. The minimum Gasteiger partial charge on any atom is -0.423 e. The Morgan fingerprint density at radius 1 is 0.971 bits per heavy atom. The van der Waals surface area contributed by atoms with Crippen LogP contribution in [0.2, 0.25) is 0 Å². The summed E-state index contributed by atoms with van der Waals surface area (Å²) in [7, 11) is 0. The summed E-state index contributed by atoms with van der Waals surface area (Å²) in [6.45, 7) is 2.28. The molecule has 0 aliphatic heterocycles. The number of esters is 1. The Balaban J connectivity index is 1.26. The molecule has 2 aliphatic rings. The number of carbonyl (C=O) groups excluding carboxylic acids is 1. The summed E-state index contributed by atoms with van der Waals surface area (Å²) in [5, 5.41) is 8.84. The maximum absolute atomic E-state index is 13.8. The molecule has 0 N–H and O–H groups in total. The zero-order valence-corrected chi connectivity index (χ0v) is 21.0. The summed E-state index contributed by atoms with van der Waals surface area (Å²) in [6.07, 6.45) is 16.4. The number of unbranched alkanes of at least 4 members (excludes halogenated alkanes) is 4. The number of hydrogen-bond acceptors (Lipinski definition) is 3. The van der Waals surface area contributed by atoms with E-state index in [1.807, 2.05) is 12.1 Å². The average molecular weight is 476 g/mol. The summed E-state index contributed by atoms with van der Waals surface area (Å²) in [5.74, 6) is 2.17. The van der Waals surface area contributed by atoms with Crippen LogP contribution in [0.3, 0.4) is 0 Å². The van der Waals surface area contributed by atoms with Gasteiger partial charge >= 0.3 is 5.97 Å². The molecule has 2 aromatic rings. The van der Waals surface area contributed by atoms with Gasteiger partial charge in [0, 0.05) is 6.07 Å². The van der Waals surface area contributed by atoms with Gasteiger partial charge in [0.1, 0.15) is 17.6 Å². The lowest BCUT2D eigenvalue weighted by atomic mass is 9.63. The molecule has 4 atom stereocenters. The summed E-state index contributed by atoms with van der Waals surface area (Å²) in [4.78, 5) is 12.5. The molecule has 4 heteroatoms. The van der Waals surface area contributed by atoms with E-state index in [0.29, 0.717) is 11.5 Å². The molecule has 0 amide bonds. The highest BCUT2D eigenvalue weighted by Gasteiger charge is 2.35.